The zero-order valence-corrected chi connectivity index (χ0v) is 42.1. The Morgan fingerprint density at radius 3 is 2.33 bits per heavy atom. The molecule has 22 heteroatoms. The van der Waals surface area contributed by atoms with Gasteiger partial charge in [0.15, 0.2) is 17.2 Å². The van der Waals surface area contributed by atoms with E-state index in [9.17, 15) is 42.3 Å². The highest BCUT2D eigenvalue weighted by atomic mass is 35.5. The lowest BCUT2D eigenvalue weighted by molar-refractivity contribution is -0.139. The Labute approximate surface area is 424 Å². The number of halogens is 1. The lowest BCUT2D eigenvalue weighted by atomic mass is 9.89. The van der Waals surface area contributed by atoms with Crippen molar-refractivity contribution in [3.8, 4) is 16.2 Å². The second-order valence-electron chi connectivity index (χ2n) is 19.4. The number of hydrogen-bond donors (Lipinski definition) is 5. The molecule has 4 saturated heterocycles. The molecule has 5 N–H and O–H groups in total. The van der Waals surface area contributed by atoms with Gasteiger partial charge in [0.05, 0.1) is 21.7 Å². The van der Waals surface area contributed by atoms with Crippen LogP contribution in [0.5, 0.6) is 5.75 Å². The number of amides is 4. The molecule has 19 nitrogen and oxygen atoms in total. The van der Waals surface area contributed by atoms with Gasteiger partial charge in [-0.3, -0.25) is 24.0 Å². The average molecular weight is 1050 g/mol. The monoisotopic (exact) mass is 1050 g/mol. The number of anilines is 2. The number of thiophene rings is 1. The molecule has 72 heavy (non-hydrogen) atoms. The van der Waals surface area contributed by atoms with Gasteiger partial charge in [0.25, 0.3) is 0 Å². The van der Waals surface area contributed by atoms with Crippen molar-refractivity contribution < 1.29 is 52.1 Å². The van der Waals surface area contributed by atoms with Crippen molar-refractivity contribution in [1.82, 2.24) is 23.7 Å². The maximum Gasteiger partial charge on any atom is 0.349 e. The summed E-state index contributed by atoms with van der Waals surface area (Å²) in [6.07, 6.45) is 4.05. The fraction of sp³-hybridized carbons (Fsp3) is 0.440. The number of carbonyl (C=O) groups excluding carboxylic acids is 3. The van der Waals surface area contributed by atoms with E-state index in [1.165, 1.54) is 8.87 Å². The van der Waals surface area contributed by atoms with Crippen molar-refractivity contribution in [3.63, 3.8) is 0 Å². The number of fused-ring (bicyclic) bond motifs is 1. The van der Waals surface area contributed by atoms with Gasteiger partial charge in [-0.2, -0.15) is 4.31 Å². The number of ether oxygens (including phenoxy) is 2. The van der Waals surface area contributed by atoms with Crippen LogP contribution in [0.25, 0.3) is 21.5 Å². The number of benzene rings is 3. The van der Waals surface area contributed by atoms with Crippen LogP contribution in [-0.4, -0.2) is 118 Å². The summed E-state index contributed by atoms with van der Waals surface area (Å²) in [6, 6.07) is 18.7. The summed E-state index contributed by atoms with van der Waals surface area (Å²) in [5.41, 5.74) is 3.68. The molecular formula is C50H56ClN7O12S2. The molecule has 2 atom stereocenters. The summed E-state index contributed by atoms with van der Waals surface area (Å²) in [5.74, 6) is -3.77. The van der Waals surface area contributed by atoms with Gasteiger partial charge in [-0.15, -0.1) is 11.3 Å². The quantitative estimate of drug-likeness (QED) is 0.0688. The van der Waals surface area contributed by atoms with E-state index in [-0.39, 0.29) is 76.4 Å². The molecule has 9 rings (SSSR count). The summed E-state index contributed by atoms with van der Waals surface area (Å²) >= 11 is 7.41. The molecule has 4 amide bonds. The Bertz CT molecular complexity index is 3120. The van der Waals surface area contributed by atoms with Crippen LogP contribution >= 0.6 is 22.9 Å². The molecule has 2 aromatic heterocycles. The number of urea groups is 1. The highest BCUT2D eigenvalue weighted by Crippen LogP contribution is 2.46. The van der Waals surface area contributed by atoms with E-state index in [0.29, 0.717) is 97.7 Å². The summed E-state index contributed by atoms with van der Waals surface area (Å²) in [4.78, 5) is 77.7. The van der Waals surface area contributed by atoms with Crippen LogP contribution < -0.4 is 26.4 Å². The van der Waals surface area contributed by atoms with E-state index in [0.717, 1.165) is 22.4 Å². The highest BCUT2D eigenvalue weighted by molar-refractivity contribution is 7.88. The van der Waals surface area contributed by atoms with Gasteiger partial charge in [0, 0.05) is 68.3 Å². The van der Waals surface area contributed by atoms with E-state index in [1.54, 1.807) is 51.9 Å². The maximum absolute atomic E-state index is 14.1. The number of hydrogen-bond acceptors (Lipinski definition) is 12. The van der Waals surface area contributed by atoms with Crippen LogP contribution in [-0.2, 0) is 34.9 Å². The Balaban J connectivity index is 0.810. The van der Waals surface area contributed by atoms with E-state index in [2.05, 4.69) is 16.0 Å². The van der Waals surface area contributed by atoms with Gasteiger partial charge in [-0.05, 0) is 118 Å². The molecule has 0 saturated carbocycles. The van der Waals surface area contributed by atoms with Crippen LogP contribution in [0.15, 0.2) is 71.5 Å². The largest absolute Gasteiger partial charge is 0.479 e. The van der Waals surface area contributed by atoms with E-state index in [4.69, 9.17) is 26.2 Å². The van der Waals surface area contributed by atoms with Gasteiger partial charge >= 0.3 is 23.7 Å². The van der Waals surface area contributed by atoms with Crippen molar-refractivity contribution in [2.45, 2.75) is 101 Å². The summed E-state index contributed by atoms with van der Waals surface area (Å²) in [5, 5.41) is 27.7. The first-order valence-corrected chi connectivity index (χ1v) is 26.8. The number of nitrogens with one attached hydrogen (secondary N) is 3. The number of imide groups is 1. The smallest absolute Gasteiger partial charge is 0.349 e. The third kappa shape index (κ3) is 10.6. The first kappa shape index (κ1) is 50.7. The first-order valence-electron chi connectivity index (χ1n) is 24.0. The number of nitrogens with zero attached hydrogens (tertiary/aromatic N) is 4. The number of aromatic carboxylic acids is 1. The van der Waals surface area contributed by atoms with Gasteiger partial charge in [0.2, 0.25) is 21.8 Å². The van der Waals surface area contributed by atoms with Crippen molar-refractivity contribution in [2.24, 2.45) is 0 Å². The molecule has 0 radical (unpaired) electrons. The lowest BCUT2D eigenvalue weighted by Crippen LogP contribution is -2.55. The molecule has 0 bridgehead atoms. The van der Waals surface area contributed by atoms with Gasteiger partial charge in [0.1, 0.15) is 11.1 Å². The third-order valence-electron chi connectivity index (χ3n) is 14.1. The minimum absolute atomic E-state index is 0.00377. The number of sulfonamides is 1. The number of carboxylic acid groups (broad SMARTS) is 2. The average Bonchev–Trinajstić information content (AvgIpc) is 3.82. The number of imidazole rings is 1. The number of piperidine rings is 3. The van der Waals surface area contributed by atoms with E-state index < -0.39 is 46.1 Å². The van der Waals surface area contributed by atoms with Crippen LogP contribution in [0.4, 0.5) is 16.2 Å². The minimum atomic E-state index is -3.82. The normalized spacial score (nSPS) is 20.3. The summed E-state index contributed by atoms with van der Waals surface area (Å²) in [7, 11) is -3.82. The number of likely N-dealkylation sites (tertiary alicyclic amines) is 1. The predicted octanol–water partition coefficient (Wildman–Crippen LogP) is 7.27. The Kier molecular flexibility index (Phi) is 14.6. The van der Waals surface area contributed by atoms with Crippen molar-refractivity contribution in [3.05, 3.63) is 98.2 Å². The van der Waals surface area contributed by atoms with Crippen molar-refractivity contribution >= 4 is 85.2 Å². The SMILES string of the molecule is CC1(C)C[C@@H](Nc2cccc(-c3sc(C(=O)O)c(OCC(=O)O)c3Cl)c2)CCN1S(=O)(=O)Cc1cccc(NC(=O)N2CCC(c3ccc4c(c3)n(C3CCOCC3)c(=O)n4C3CCC(=O)NC3=O)CC2)c1. The number of rotatable bonds is 14. The molecule has 1 unspecified atom stereocenters. The molecule has 5 aromatic rings. The molecule has 4 fully saturated rings. The topological polar surface area (TPSA) is 248 Å². The van der Waals surface area contributed by atoms with E-state index >= 15 is 0 Å². The Morgan fingerprint density at radius 1 is 0.889 bits per heavy atom. The second-order valence-corrected chi connectivity index (χ2v) is 22.7. The zero-order valence-electron chi connectivity index (χ0n) is 39.7. The van der Waals surface area contributed by atoms with Crippen LogP contribution in [0.1, 0.15) is 104 Å². The third-order valence-corrected chi connectivity index (χ3v) is 17.8. The Morgan fingerprint density at radius 2 is 1.62 bits per heavy atom. The molecule has 4 aliphatic rings. The number of carboxylic acids is 2. The molecule has 6 heterocycles. The summed E-state index contributed by atoms with van der Waals surface area (Å²) < 4.78 is 43.9. The van der Waals surface area contributed by atoms with Crippen LogP contribution in [0.2, 0.25) is 5.02 Å². The number of aromatic nitrogens is 2. The Hall–Kier alpha value is -6.26. The molecule has 0 spiro atoms. The lowest BCUT2D eigenvalue weighted by Gasteiger charge is -2.45. The predicted molar refractivity (Wildman–Crippen MR) is 271 cm³/mol. The summed E-state index contributed by atoms with van der Waals surface area (Å²) in [6.45, 7) is 5.27. The fourth-order valence-corrected chi connectivity index (χ4v) is 14.0. The minimum Gasteiger partial charge on any atom is -0.479 e. The van der Waals surface area contributed by atoms with E-state index in [1.807, 2.05) is 38.1 Å². The first-order chi connectivity index (χ1) is 34.4. The maximum atomic E-state index is 14.1. The second kappa shape index (κ2) is 20.7. The van der Waals surface area contributed by atoms with Gasteiger partial charge < -0.3 is 35.2 Å². The zero-order chi connectivity index (χ0) is 51.1. The fourth-order valence-electron chi connectivity index (χ4n) is 10.7. The highest BCUT2D eigenvalue weighted by Gasteiger charge is 2.42. The van der Waals surface area contributed by atoms with Crippen molar-refractivity contribution in [2.75, 3.05) is 50.1 Å². The molecular weight excluding hydrogens is 990 g/mol. The van der Waals surface area contributed by atoms with Crippen molar-refractivity contribution in [1.29, 1.82) is 0 Å². The van der Waals surface area contributed by atoms with Crippen LogP contribution in [0, 0.1) is 0 Å². The van der Waals surface area contributed by atoms with Gasteiger partial charge in [-0.1, -0.05) is 41.9 Å². The standard InChI is InChI=1S/C50H56ClN7O12S2/c1-50(2)26-35(52-34-8-4-6-32(24-34)44-42(51)43(70-27-41(60)61)45(71-44)47(63)64)15-20-56(50)72(67,68)28-29-5-3-7-33(23-29)53-48(65)55-18-13-30(14-19-55)31-9-10-37-39(25-31)57(36-16-21-69-22-17-36)49(66)58(37)38-11-12-40(59)54-46(38)62/h3-10,23-25,30,35-36,38,52H,11-22,26-28H2,1-2H3,(H,53,65)(H,60,61)(H,63,64)(H,54,59,62)/t35-,38?/m0/s1. The molecule has 3 aromatic carbocycles. The number of carbonyl (C=O) groups is 5. The van der Waals surface area contributed by atoms with Crippen LogP contribution in [0.3, 0.4) is 0 Å². The molecule has 4 aliphatic heterocycles. The molecule has 382 valence electrons. The molecule has 0 aliphatic carbocycles. The number of aliphatic carboxylic acids is 1. The van der Waals surface area contributed by atoms with Gasteiger partial charge in [-0.25, -0.2) is 27.6 Å².